The van der Waals surface area contributed by atoms with Crippen molar-refractivity contribution < 1.29 is 9.47 Å². The number of halogens is 2. The van der Waals surface area contributed by atoms with Gasteiger partial charge in [-0.25, -0.2) is 0 Å². The molecule has 0 aliphatic rings. The van der Waals surface area contributed by atoms with Crippen LogP contribution in [0.3, 0.4) is 0 Å². The van der Waals surface area contributed by atoms with Crippen molar-refractivity contribution in [1.82, 2.24) is 5.32 Å². The lowest BCUT2D eigenvalue weighted by Gasteiger charge is -2.25. The summed E-state index contributed by atoms with van der Waals surface area (Å²) in [6, 6.07) is 0. The molecule has 0 saturated carbocycles. The van der Waals surface area contributed by atoms with E-state index >= 15 is 0 Å². The topological polar surface area (TPSA) is 30.5 Å². The van der Waals surface area contributed by atoms with Crippen LogP contribution >= 0.6 is 23.2 Å². The fourth-order valence-corrected chi connectivity index (χ4v) is 1.27. The quantitative estimate of drug-likeness (QED) is 0.492. The summed E-state index contributed by atoms with van der Waals surface area (Å²) in [5.41, 5.74) is -0.201. The normalized spacial score (nSPS) is 12.0. The molecule has 0 bridgehead atoms. The fourth-order valence-electron chi connectivity index (χ4n) is 0.800. The second-order valence-corrected chi connectivity index (χ2v) is 3.89. The Bertz CT molecular complexity index is 132. The van der Waals surface area contributed by atoms with Crippen LogP contribution in [0.25, 0.3) is 0 Å². The van der Waals surface area contributed by atoms with E-state index in [2.05, 4.69) is 5.32 Å². The van der Waals surface area contributed by atoms with Crippen LogP contribution in [0.1, 0.15) is 6.92 Å². The summed E-state index contributed by atoms with van der Waals surface area (Å²) in [5, 5.41) is 3.24. The third kappa shape index (κ3) is 6.85. The van der Waals surface area contributed by atoms with Crippen LogP contribution in [0.2, 0.25) is 0 Å². The van der Waals surface area contributed by atoms with E-state index in [9.17, 15) is 0 Å². The van der Waals surface area contributed by atoms with Crippen molar-refractivity contribution >= 4 is 23.2 Å². The molecule has 0 rings (SSSR count). The van der Waals surface area contributed by atoms with E-state index in [1.807, 2.05) is 6.92 Å². The monoisotopic (exact) mass is 243 g/mol. The van der Waals surface area contributed by atoms with Crippen molar-refractivity contribution in [3.8, 4) is 0 Å². The van der Waals surface area contributed by atoms with Crippen molar-refractivity contribution in [2.75, 3.05) is 45.2 Å². The highest BCUT2D eigenvalue weighted by Crippen LogP contribution is 2.07. The van der Waals surface area contributed by atoms with Crippen molar-refractivity contribution in [2.24, 2.45) is 0 Å². The second-order valence-electron chi connectivity index (χ2n) is 3.36. The second kappa shape index (κ2) is 8.74. The van der Waals surface area contributed by atoms with Gasteiger partial charge < -0.3 is 14.8 Å². The van der Waals surface area contributed by atoms with Gasteiger partial charge in [-0.2, -0.15) is 0 Å². The first kappa shape index (κ1) is 14.5. The minimum atomic E-state index is -0.201. The Morgan fingerprint density at radius 2 is 1.79 bits per heavy atom. The molecule has 0 aliphatic heterocycles. The number of rotatable bonds is 9. The average Bonchev–Trinajstić information content (AvgIpc) is 2.23. The maximum atomic E-state index is 5.76. The van der Waals surface area contributed by atoms with Crippen LogP contribution in [-0.4, -0.2) is 50.8 Å². The summed E-state index contributed by atoms with van der Waals surface area (Å²) in [4.78, 5) is 0. The number of nitrogens with one attached hydrogen (secondary N) is 1. The Morgan fingerprint density at radius 3 is 2.29 bits per heavy atom. The minimum Gasteiger partial charge on any atom is -0.382 e. The molecule has 0 aromatic carbocycles. The van der Waals surface area contributed by atoms with Gasteiger partial charge >= 0.3 is 0 Å². The van der Waals surface area contributed by atoms with Crippen molar-refractivity contribution in [2.45, 2.75) is 12.5 Å². The highest BCUT2D eigenvalue weighted by molar-refractivity contribution is 6.22. The highest BCUT2D eigenvalue weighted by Gasteiger charge is 2.20. The zero-order chi connectivity index (χ0) is 10.9. The Kier molecular flexibility index (Phi) is 9.03. The molecule has 0 saturated heterocycles. The number of ether oxygens (including phenoxy) is 2. The summed E-state index contributed by atoms with van der Waals surface area (Å²) in [7, 11) is 1.65. The molecule has 3 nitrogen and oxygen atoms in total. The summed E-state index contributed by atoms with van der Waals surface area (Å²) in [5.74, 6) is 0.989. The van der Waals surface area contributed by atoms with Crippen molar-refractivity contribution in [1.29, 1.82) is 0 Å². The number of alkyl halides is 2. The molecule has 0 fully saturated rings. The maximum absolute atomic E-state index is 5.76. The van der Waals surface area contributed by atoms with Crippen molar-refractivity contribution in [3.63, 3.8) is 0 Å². The van der Waals surface area contributed by atoms with E-state index in [4.69, 9.17) is 32.7 Å². The lowest BCUT2D eigenvalue weighted by molar-refractivity contribution is 0.0701. The van der Waals surface area contributed by atoms with E-state index in [1.54, 1.807) is 7.11 Å². The highest BCUT2D eigenvalue weighted by atomic mass is 35.5. The molecule has 14 heavy (non-hydrogen) atoms. The zero-order valence-electron chi connectivity index (χ0n) is 8.82. The third-order valence-corrected chi connectivity index (χ3v) is 3.00. The molecule has 0 aliphatic carbocycles. The van der Waals surface area contributed by atoms with E-state index < -0.39 is 0 Å². The first-order chi connectivity index (χ1) is 6.68. The van der Waals surface area contributed by atoms with E-state index in [0.29, 0.717) is 31.6 Å². The Labute approximate surface area is 96.0 Å². The molecule has 0 unspecified atom stereocenters. The first-order valence-electron chi connectivity index (χ1n) is 4.62. The molecule has 86 valence electrons. The van der Waals surface area contributed by atoms with Gasteiger partial charge in [0.2, 0.25) is 0 Å². The van der Waals surface area contributed by atoms with Gasteiger partial charge in [-0.05, 0) is 6.92 Å². The van der Waals surface area contributed by atoms with Crippen LogP contribution in [0, 0.1) is 0 Å². The molecular formula is C9H19Cl2NO2. The smallest absolute Gasteiger partial charge is 0.0700 e. The molecule has 0 aromatic rings. The lowest BCUT2D eigenvalue weighted by Crippen LogP contribution is -2.47. The maximum Gasteiger partial charge on any atom is 0.0700 e. The molecule has 5 heteroatoms. The lowest BCUT2D eigenvalue weighted by atomic mass is 10.1. The Morgan fingerprint density at radius 1 is 1.14 bits per heavy atom. The predicted molar refractivity (Wildman–Crippen MR) is 60.5 cm³/mol. The van der Waals surface area contributed by atoms with E-state index in [-0.39, 0.29) is 5.54 Å². The Balaban J connectivity index is 3.34. The van der Waals surface area contributed by atoms with Crippen molar-refractivity contribution in [3.05, 3.63) is 0 Å². The van der Waals surface area contributed by atoms with Crippen LogP contribution < -0.4 is 5.32 Å². The van der Waals surface area contributed by atoms with Crippen LogP contribution in [-0.2, 0) is 9.47 Å². The van der Waals surface area contributed by atoms with Crippen LogP contribution in [0.15, 0.2) is 0 Å². The molecule has 0 atom stereocenters. The summed E-state index contributed by atoms with van der Waals surface area (Å²) < 4.78 is 10.1. The summed E-state index contributed by atoms with van der Waals surface area (Å²) in [6.07, 6.45) is 0. The molecule has 0 radical (unpaired) electrons. The molecule has 0 heterocycles. The molecule has 0 spiro atoms. The first-order valence-corrected chi connectivity index (χ1v) is 5.69. The molecule has 1 N–H and O–H groups in total. The van der Waals surface area contributed by atoms with Crippen LogP contribution in [0.4, 0.5) is 0 Å². The van der Waals surface area contributed by atoms with Gasteiger partial charge in [0.05, 0.1) is 19.8 Å². The average molecular weight is 244 g/mol. The van der Waals surface area contributed by atoms with Crippen LogP contribution in [0.5, 0.6) is 0 Å². The van der Waals surface area contributed by atoms with Gasteiger partial charge in [0.15, 0.2) is 0 Å². The van der Waals surface area contributed by atoms with Gasteiger partial charge in [-0.3, -0.25) is 0 Å². The standard InChI is InChI=1S/C9H19Cl2NO2/c1-9(7-10,8-11)12-3-4-14-6-5-13-2/h12H,3-8H2,1-2H3. The van der Waals surface area contributed by atoms with E-state index in [0.717, 1.165) is 6.54 Å². The van der Waals surface area contributed by atoms with E-state index in [1.165, 1.54) is 0 Å². The number of hydrogen-bond acceptors (Lipinski definition) is 3. The fraction of sp³-hybridized carbons (Fsp3) is 1.00. The van der Waals surface area contributed by atoms with Gasteiger partial charge in [0, 0.05) is 31.0 Å². The SMILES string of the molecule is COCCOCCNC(C)(CCl)CCl. The summed E-state index contributed by atoms with van der Waals surface area (Å²) >= 11 is 11.5. The van der Waals surface area contributed by atoms with Gasteiger partial charge in [0.1, 0.15) is 0 Å². The minimum absolute atomic E-state index is 0.201. The van der Waals surface area contributed by atoms with Gasteiger partial charge in [-0.1, -0.05) is 0 Å². The van der Waals surface area contributed by atoms with Gasteiger partial charge in [0.25, 0.3) is 0 Å². The number of methoxy groups -OCH3 is 1. The largest absolute Gasteiger partial charge is 0.382 e. The molecule has 0 aromatic heterocycles. The zero-order valence-corrected chi connectivity index (χ0v) is 10.3. The van der Waals surface area contributed by atoms with Gasteiger partial charge in [-0.15, -0.1) is 23.2 Å². The predicted octanol–water partition coefficient (Wildman–Crippen LogP) is 1.48. The molecule has 0 amide bonds. The molecular weight excluding hydrogens is 225 g/mol. The summed E-state index contributed by atoms with van der Waals surface area (Å²) in [6.45, 7) is 4.63. The number of hydrogen-bond donors (Lipinski definition) is 1. The third-order valence-electron chi connectivity index (χ3n) is 1.82. The Hall–Kier alpha value is 0.460.